The second-order valence-corrected chi connectivity index (χ2v) is 6.61. The van der Waals surface area contributed by atoms with Crippen LogP contribution in [0.3, 0.4) is 0 Å². The Balaban J connectivity index is 2.41. The summed E-state index contributed by atoms with van der Waals surface area (Å²) in [6.45, 7) is 4.38. The first-order chi connectivity index (χ1) is 7.84. The molecule has 1 nitrogen and oxygen atoms in total. The highest BCUT2D eigenvalue weighted by Crippen LogP contribution is 2.48. The van der Waals surface area contributed by atoms with Crippen LogP contribution < -0.4 is 0 Å². The van der Waals surface area contributed by atoms with E-state index in [0.29, 0.717) is 10.0 Å². The quantitative estimate of drug-likeness (QED) is 0.780. The molecule has 17 heavy (non-hydrogen) atoms. The lowest BCUT2D eigenvalue weighted by Crippen LogP contribution is -2.36. The van der Waals surface area contributed by atoms with Crippen LogP contribution in [0.25, 0.3) is 0 Å². The topological polar surface area (TPSA) is 20.2 Å². The Morgan fingerprint density at radius 2 is 1.88 bits per heavy atom. The molecule has 94 valence electrons. The molecule has 1 aliphatic carbocycles. The van der Waals surface area contributed by atoms with E-state index in [0.717, 1.165) is 31.2 Å². The Hall–Kier alpha value is -0.240. The molecule has 1 aromatic carbocycles. The number of rotatable bonds is 1. The van der Waals surface area contributed by atoms with Crippen molar-refractivity contribution in [1.29, 1.82) is 0 Å². The van der Waals surface area contributed by atoms with Gasteiger partial charge in [-0.3, -0.25) is 0 Å². The van der Waals surface area contributed by atoms with Crippen LogP contribution in [0.2, 0.25) is 10.0 Å². The summed E-state index contributed by atoms with van der Waals surface area (Å²) in [7, 11) is 0. The van der Waals surface area contributed by atoms with E-state index >= 15 is 0 Å². The van der Waals surface area contributed by atoms with Crippen LogP contribution >= 0.6 is 23.2 Å². The van der Waals surface area contributed by atoms with E-state index in [1.807, 2.05) is 12.1 Å². The Kier molecular flexibility index (Phi) is 3.46. The zero-order chi connectivity index (χ0) is 12.7. The minimum atomic E-state index is -0.830. The van der Waals surface area contributed by atoms with Crippen LogP contribution in [0, 0.1) is 5.41 Å². The van der Waals surface area contributed by atoms with Gasteiger partial charge in [-0.1, -0.05) is 49.2 Å². The van der Waals surface area contributed by atoms with Gasteiger partial charge in [0.05, 0.1) is 15.6 Å². The fourth-order valence-corrected chi connectivity index (χ4v) is 3.40. The Labute approximate surface area is 113 Å². The van der Waals surface area contributed by atoms with Crippen molar-refractivity contribution in [1.82, 2.24) is 0 Å². The number of hydrogen-bond acceptors (Lipinski definition) is 1. The average Bonchev–Trinajstić information content (AvgIpc) is 2.20. The molecule has 1 saturated carbocycles. The van der Waals surface area contributed by atoms with Crippen molar-refractivity contribution < 1.29 is 5.11 Å². The molecule has 0 amide bonds. The molecule has 1 N–H and O–H groups in total. The van der Waals surface area contributed by atoms with Crippen molar-refractivity contribution in [3.63, 3.8) is 0 Å². The minimum Gasteiger partial charge on any atom is -0.385 e. The maximum atomic E-state index is 10.8. The summed E-state index contributed by atoms with van der Waals surface area (Å²) >= 11 is 12.2. The van der Waals surface area contributed by atoms with Crippen LogP contribution in [-0.2, 0) is 5.60 Å². The molecule has 0 aliphatic heterocycles. The van der Waals surface area contributed by atoms with Crippen molar-refractivity contribution in [2.45, 2.75) is 45.1 Å². The fraction of sp³-hybridized carbons (Fsp3) is 0.571. The summed E-state index contributed by atoms with van der Waals surface area (Å²) < 4.78 is 0. The average molecular weight is 273 g/mol. The third-order valence-corrected chi connectivity index (χ3v) is 4.49. The van der Waals surface area contributed by atoms with E-state index in [-0.39, 0.29) is 5.41 Å². The predicted molar refractivity (Wildman–Crippen MR) is 72.6 cm³/mol. The van der Waals surface area contributed by atoms with E-state index in [9.17, 15) is 5.11 Å². The van der Waals surface area contributed by atoms with E-state index in [4.69, 9.17) is 23.2 Å². The zero-order valence-corrected chi connectivity index (χ0v) is 11.8. The minimum absolute atomic E-state index is 0.151. The SMILES string of the molecule is CC1(C)CCCC(O)(c2cccc(Cl)c2Cl)C1. The molecule has 1 aromatic rings. The summed E-state index contributed by atoms with van der Waals surface area (Å²) in [4.78, 5) is 0. The standard InChI is InChI=1S/C14H18Cl2O/c1-13(2)7-4-8-14(17,9-13)10-5-3-6-11(15)12(10)16/h3,5-6,17H,4,7-9H2,1-2H3. The molecule has 1 fully saturated rings. The molecular formula is C14H18Cl2O. The van der Waals surface area contributed by atoms with Gasteiger partial charge in [0.25, 0.3) is 0 Å². The predicted octanol–water partition coefficient (Wildman–Crippen LogP) is 4.78. The second-order valence-electron chi connectivity index (χ2n) is 5.83. The van der Waals surface area contributed by atoms with E-state index in [2.05, 4.69) is 13.8 Å². The first-order valence-corrected chi connectivity index (χ1v) is 6.77. The molecule has 3 heteroatoms. The molecule has 0 heterocycles. The van der Waals surface area contributed by atoms with E-state index in [1.54, 1.807) is 6.07 Å². The smallest absolute Gasteiger partial charge is 0.0916 e. The Morgan fingerprint density at radius 3 is 2.53 bits per heavy atom. The van der Waals surface area contributed by atoms with Gasteiger partial charge in [-0.25, -0.2) is 0 Å². The van der Waals surface area contributed by atoms with E-state index in [1.165, 1.54) is 0 Å². The molecule has 0 bridgehead atoms. The monoisotopic (exact) mass is 272 g/mol. The van der Waals surface area contributed by atoms with Crippen LogP contribution in [0.5, 0.6) is 0 Å². The highest BCUT2D eigenvalue weighted by molar-refractivity contribution is 6.42. The highest BCUT2D eigenvalue weighted by atomic mass is 35.5. The molecule has 0 aromatic heterocycles. The molecule has 0 radical (unpaired) electrons. The van der Waals surface area contributed by atoms with Crippen LogP contribution in [0.4, 0.5) is 0 Å². The first-order valence-electron chi connectivity index (χ1n) is 6.01. The zero-order valence-electron chi connectivity index (χ0n) is 10.3. The lowest BCUT2D eigenvalue weighted by atomic mass is 9.67. The van der Waals surface area contributed by atoms with Gasteiger partial charge in [0, 0.05) is 5.56 Å². The normalized spacial score (nSPS) is 28.1. The molecule has 1 aliphatic rings. The lowest BCUT2D eigenvalue weighted by molar-refractivity contribution is -0.0439. The molecule has 2 rings (SSSR count). The van der Waals surface area contributed by atoms with Gasteiger partial charge in [0.15, 0.2) is 0 Å². The number of hydrogen-bond donors (Lipinski definition) is 1. The fourth-order valence-electron chi connectivity index (χ4n) is 2.92. The lowest BCUT2D eigenvalue weighted by Gasteiger charge is -2.42. The number of benzene rings is 1. The summed E-state index contributed by atoms with van der Waals surface area (Å²) in [6.07, 6.45) is 3.66. The summed E-state index contributed by atoms with van der Waals surface area (Å²) in [5.41, 5.74) is 0.0991. The van der Waals surface area contributed by atoms with Crippen LogP contribution in [-0.4, -0.2) is 5.11 Å². The second kappa shape index (κ2) is 4.46. The molecule has 0 saturated heterocycles. The van der Waals surface area contributed by atoms with Gasteiger partial charge in [-0.05, 0) is 37.2 Å². The van der Waals surface area contributed by atoms with Gasteiger partial charge >= 0.3 is 0 Å². The van der Waals surface area contributed by atoms with Crippen LogP contribution in [0.15, 0.2) is 18.2 Å². The van der Waals surface area contributed by atoms with Crippen molar-refractivity contribution in [2.24, 2.45) is 5.41 Å². The molecule has 1 unspecified atom stereocenters. The molecule has 0 spiro atoms. The van der Waals surface area contributed by atoms with Crippen LogP contribution in [0.1, 0.15) is 45.1 Å². The molecular weight excluding hydrogens is 255 g/mol. The maximum absolute atomic E-state index is 10.8. The van der Waals surface area contributed by atoms with Gasteiger partial charge in [-0.2, -0.15) is 0 Å². The Bertz CT molecular complexity index is 428. The number of halogens is 2. The number of aliphatic hydroxyl groups is 1. The van der Waals surface area contributed by atoms with E-state index < -0.39 is 5.60 Å². The highest BCUT2D eigenvalue weighted by Gasteiger charge is 2.40. The van der Waals surface area contributed by atoms with Gasteiger partial charge in [-0.15, -0.1) is 0 Å². The molecule has 1 atom stereocenters. The van der Waals surface area contributed by atoms with Gasteiger partial charge in [0.2, 0.25) is 0 Å². The largest absolute Gasteiger partial charge is 0.385 e. The third kappa shape index (κ3) is 2.62. The van der Waals surface area contributed by atoms with Crippen molar-refractivity contribution in [2.75, 3.05) is 0 Å². The van der Waals surface area contributed by atoms with Gasteiger partial charge < -0.3 is 5.11 Å². The van der Waals surface area contributed by atoms with Gasteiger partial charge in [0.1, 0.15) is 0 Å². The van der Waals surface area contributed by atoms with Crippen molar-refractivity contribution in [3.05, 3.63) is 33.8 Å². The third-order valence-electron chi connectivity index (χ3n) is 3.67. The summed E-state index contributed by atoms with van der Waals surface area (Å²) in [6, 6.07) is 5.49. The Morgan fingerprint density at radius 1 is 1.18 bits per heavy atom. The summed E-state index contributed by atoms with van der Waals surface area (Å²) in [5.74, 6) is 0. The first kappa shape index (κ1) is 13.2. The maximum Gasteiger partial charge on any atom is 0.0916 e. The van der Waals surface area contributed by atoms with Crippen molar-refractivity contribution >= 4 is 23.2 Å². The van der Waals surface area contributed by atoms with Crippen molar-refractivity contribution in [3.8, 4) is 0 Å². The summed E-state index contributed by atoms with van der Waals surface area (Å²) in [5, 5.41) is 11.8.